The van der Waals surface area contributed by atoms with Crippen molar-refractivity contribution in [1.82, 2.24) is 0 Å². The van der Waals surface area contributed by atoms with E-state index in [-0.39, 0.29) is 5.60 Å². The topological polar surface area (TPSA) is 9.23 Å². The van der Waals surface area contributed by atoms with Crippen molar-refractivity contribution in [3.63, 3.8) is 0 Å². The van der Waals surface area contributed by atoms with E-state index < -0.39 is 0 Å². The van der Waals surface area contributed by atoms with Crippen molar-refractivity contribution in [3.8, 4) is 0 Å². The van der Waals surface area contributed by atoms with Gasteiger partial charge in [-0.3, -0.25) is 0 Å². The van der Waals surface area contributed by atoms with Gasteiger partial charge in [-0.1, -0.05) is 23.8 Å². The molecule has 0 bridgehead atoms. The molecule has 10 heavy (non-hydrogen) atoms. The van der Waals surface area contributed by atoms with E-state index in [4.69, 9.17) is 4.74 Å². The summed E-state index contributed by atoms with van der Waals surface area (Å²) in [5.74, 6) is 0. The Bertz CT molecular complexity index is 179. The molecule has 0 radical (unpaired) electrons. The Kier molecular flexibility index (Phi) is 1.95. The zero-order valence-electron chi connectivity index (χ0n) is 6.85. The largest absolute Gasteiger partial charge is 0.370 e. The summed E-state index contributed by atoms with van der Waals surface area (Å²) in [6, 6.07) is 0. The number of allylic oxidation sites excluding steroid dienone is 2. The second-order valence-electron chi connectivity index (χ2n) is 2.99. The lowest BCUT2D eigenvalue weighted by Gasteiger charge is -2.24. The molecule has 56 valence electrons. The molecule has 1 aliphatic rings. The van der Waals surface area contributed by atoms with Crippen LogP contribution in [0.4, 0.5) is 0 Å². The van der Waals surface area contributed by atoms with Crippen molar-refractivity contribution in [2.45, 2.75) is 25.9 Å². The van der Waals surface area contributed by atoms with Crippen LogP contribution >= 0.6 is 0 Å². The van der Waals surface area contributed by atoms with Crippen LogP contribution in [-0.4, -0.2) is 12.7 Å². The molecule has 1 rings (SSSR count). The molecule has 0 aromatic rings. The lowest BCUT2D eigenvalue weighted by molar-refractivity contribution is 0.0886. The van der Waals surface area contributed by atoms with Crippen molar-refractivity contribution < 1.29 is 4.74 Å². The monoisotopic (exact) mass is 138 g/mol. The summed E-state index contributed by atoms with van der Waals surface area (Å²) in [4.78, 5) is 0. The molecule has 0 spiro atoms. The number of hydrogen-bond donors (Lipinski definition) is 0. The molecule has 1 atom stereocenters. The molecule has 0 saturated heterocycles. The van der Waals surface area contributed by atoms with Crippen molar-refractivity contribution in [3.05, 3.63) is 23.8 Å². The van der Waals surface area contributed by atoms with E-state index in [0.29, 0.717) is 0 Å². The van der Waals surface area contributed by atoms with E-state index in [0.717, 1.165) is 6.42 Å². The first-order chi connectivity index (χ1) is 4.66. The molecule has 1 unspecified atom stereocenters. The first-order valence-corrected chi connectivity index (χ1v) is 3.57. The van der Waals surface area contributed by atoms with E-state index in [9.17, 15) is 0 Å². The van der Waals surface area contributed by atoms with Crippen molar-refractivity contribution >= 4 is 0 Å². The molecule has 1 aliphatic carbocycles. The second kappa shape index (κ2) is 2.59. The average Bonchev–Trinajstić information content (AvgIpc) is 1.88. The third-order valence-electron chi connectivity index (χ3n) is 1.86. The molecule has 0 aromatic heterocycles. The highest BCUT2D eigenvalue weighted by Crippen LogP contribution is 2.22. The van der Waals surface area contributed by atoms with Crippen LogP contribution in [0.2, 0.25) is 0 Å². The summed E-state index contributed by atoms with van der Waals surface area (Å²) in [5.41, 5.74) is 1.23. The summed E-state index contributed by atoms with van der Waals surface area (Å²) in [6.07, 6.45) is 7.48. The molecule has 0 fully saturated rings. The second-order valence-corrected chi connectivity index (χ2v) is 2.99. The van der Waals surface area contributed by atoms with Crippen LogP contribution in [0.5, 0.6) is 0 Å². The lowest BCUT2D eigenvalue weighted by Crippen LogP contribution is -2.23. The molecule has 0 aliphatic heterocycles. The molecule has 0 saturated carbocycles. The van der Waals surface area contributed by atoms with Gasteiger partial charge in [-0.05, 0) is 20.3 Å². The number of rotatable bonds is 1. The van der Waals surface area contributed by atoms with E-state index in [2.05, 4.69) is 32.1 Å². The molecule has 0 N–H and O–H groups in total. The van der Waals surface area contributed by atoms with Crippen LogP contribution in [0, 0.1) is 0 Å². The van der Waals surface area contributed by atoms with Crippen LogP contribution < -0.4 is 0 Å². The first-order valence-electron chi connectivity index (χ1n) is 3.57. The van der Waals surface area contributed by atoms with Gasteiger partial charge in [0, 0.05) is 7.11 Å². The van der Waals surface area contributed by atoms with Gasteiger partial charge in [0.05, 0.1) is 0 Å². The Morgan fingerprint density at radius 2 is 2.30 bits per heavy atom. The SMILES string of the molecule is COC1(C)C=CCC(C)=C1. The molecular weight excluding hydrogens is 124 g/mol. The Morgan fingerprint density at radius 3 is 2.70 bits per heavy atom. The maximum atomic E-state index is 5.29. The van der Waals surface area contributed by atoms with Gasteiger partial charge in [-0.25, -0.2) is 0 Å². The molecular formula is C9H14O. The van der Waals surface area contributed by atoms with Gasteiger partial charge in [0.1, 0.15) is 5.60 Å². The van der Waals surface area contributed by atoms with Crippen molar-refractivity contribution in [1.29, 1.82) is 0 Å². The van der Waals surface area contributed by atoms with Gasteiger partial charge in [0.2, 0.25) is 0 Å². The van der Waals surface area contributed by atoms with Gasteiger partial charge in [-0.15, -0.1) is 0 Å². The van der Waals surface area contributed by atoms with Gasteiger partial charge < -0.3 is 4.74 Å². The third kappa shape index (κ3) is 1.48. The Labute approximate surface area is 62.4 Å². The Morgan fingerprint density at radius 1 is 1.60 bits per heavy atom. The van der Waals surface area contributed by atoms with Gasteiger partial charge in [0.15, 0.2) is 0 Å². The summed E-state index contributed by atoms with van der Waals surface area (Å²) in [6.45, 7) is 4.19. The highest BCUT2D eigenvalue weighted by molar-refractivity contribution is 5.24. The van der Waals surface area contributed by atoms with Crippen molar-refractivity contribution in [2.24, 2.45) is 0 Å². The van der Waals surface area contributed by atoms with Crippen LogP contribution in [0.25, 0.3) is 0 Å². The van der Waals surface area contributed by atoms with E-state index in [1.54, 1.807) is 7.11 Å². The van der Waals surface area contributed by atoms with Crippen LogP contribution in [-0.2, 0) is 4.74 Å². The Hall–Kier alpha value is -0.560. The average molecular weight is 138 g/mol. The first kappa shape index (κ1) is 7.55. The number of hydrogen-bond acceptors (Lipinski definition) is 1. The number of ether oxygens (including phenoxy) is 1. The highest BCUT2D eigenvalue weighted by Gasteiger charge is 2.18. The quantitative estimate of drug-likeness (QED) is 0.505. The minimum Gasteiger partial charge on any atom is -0.370 e. The number of methoxy groups -OCH3 is 1. The summed E-state index contributed by atoms with van der Waals surface area (Å²) >= 11 is 0. The highest BCUT2D eigenvalue weighted by atomic mass is 16.5. The summed E-state index contributed by atoms with van der Waals surface area (Å²) in [7, 11) is 1.74. The van der Waals surface area contributed by atoms with Crippen LogP contribution in [0.1, 0.15) is 20.3 Å². The van der Waals surface area contributed by atoms with Crippen molar-refractivity contribution in [2.75, 3.05) is 7.11 Å². The third-order valence-corrected chi connectivity index (χ3v) is 1.86. The Balaban J connectivity index is 2.78. The maximum Gasteiger partial charge on any atom is 0.101 e. The smallest absolute Gasteiger partial charge is 0.101 e. The van der Waals surface area contributed by atoms with E-state index in [1.807, 2.05) is 0 Å². The van der Waals surface area contributed by atoms with Gasteiger partial charge in [0.25, 0.3) is 0 Å². The minimum absolute atomic E-state index is 0.150. The predicted molar refractivity (Wildman–Crippen MR) is 42.9 cm³/mol. The van der Waals surface area contributed by atoms with Gasteiger partial charge in [-0.2, -0.15) is 0 Å². The lowest BCUT2D eigenvalue weighted by atomic mass is 9.95. The van der Waals surface area contributed by atoms with E-state index >= 15 is 0 Å². The minimum atomic E-state index is -0.150. The molecule has 0 heterocycles. The van der Waals surface area contributed by atoms with Crippen LogP contribution in [0.15, 0.2) is 23.8 Å². The fraction of sp³-hybridized carbons (Fsp3) is 0.556. The zero-order valence-corrected chi connectivity index (χ0v) is 6.85. The molecule has 0 amide bonds. The molecule has 1 heteroatoms. The normalized spacial score (nSPS) is 32.1. The predicted octanol–water partition coefficient (Wildman–Crippen LogP) is 2.30. The fourth-order valence-electron chi connectivity index (χ4n) is 1.20. The van der Waals surface area contributed by atoms with E-state index in [1.165, 1.54) is 5.57 Å². The molecule has 0 aromatic carbocycles. The van der Waals surface area contributed by atoms with Crippen LogP contribution in [0.3, 0.4) is 0 Å². The summed E-state index contributed by atoms with van der Waals surface area (Å²) < 4.78 is 5.29. The van der Waals surface area contributed by atoms with Gasteiger partial charge >= 0.3 is 0 Å². The standard InChI is InChI=1S/C9H14O/c1-8-5-4-6-9(2,7-8)10-3/h4,6-7H,5H2,1-3H3. The summed E-state index contributed by atoms with van der Waals surface area (Å²) in [5, 5.41) is 0. The fourth-order valence-corrected chi connectivity index (χ4v) is 1.20. The zero-order chi connectivity index (χ0) is 7.61. The maximum absolute atomic E-state index is 5.29. The molecule has 1 nitrogen and oxygen atoms in total.